The Hall–Kier alpha value is -2.21. The highest BCUT2D eigenvalue weighted by Gasteiger charge is 2.07. The van der Waals surface area contributed by atoms with Crippen LogP contribution in [0.2, 0.25) is 10.0 Å². The number of halogens is 2. The fourth-order valence-electron chi connectivity index (χ4n) is 2.41. The number of anilines is 1. The molecule has 7 heteroatoms. The van der Waals surface area contributed by atoms with E-state index in [1.54, 1.807) is 35.0 Å². The third kappa shape index (κ3) is 5.63. The van der Waals surface area contributed by atoms with Gasteiger partial charge < -0.3 is 9.88 Å². The van der Waals surface area contributed by atoms with Crippen LogP contribution < -0.4 is 10.9 Å². The van der Waals surface area contributed by atoms with Crippen molar-refractivity contribution < 1.29 is 4.79 Å². The zero-order valence-electron chi connectivity index (χ0n) is 14.2. The quantitative estimate of drug-likeness (QED) is 0.577. The third-order valence-electron chi connectivity index (χ3n) is 3.74. The zero-order valence-corrected chi connectivity index (χ0v) is 16.5. The first kappa shape index (κ1) is 19.5. The molecule has 1 heterocycles. The predicted molar refractivity (Wildman–Crippen MR) is 112 cm³/mol. The van der Waals surface area contributed by atoms with E-state index in [-0.39, 0.29) is 17.2 Å². The number of aromatic nitrogens is 1. The highest BCUT2D eigenvalue weighted by atomic mass is 35.5. The smallest absolute Gasteiger partial charge is 0.250 e. The standard InChI is InChI=1S/C20H16Cl2N2O2S/c21-15-6-9-17(22)18(11-15)27-13-19(25)23-16-7-4-14(5-8-16)12-24-10-2-1-3-20(24)26/h1-11H,12-13H2,(H,23,25). The van der Waals surface area contributed by atoms with E-state index in [1.165, 1.54) is 17.8 Å². The average molecular weight is 419 g/mol. The van der Waals surface area contributed by atoms with E-state index in [1.807, 2.05) is 30.3 Å². The number of hydrogen-bond donors (Lipinski definition) is 1. The molecule has 0 atom stereocenters. The largest absolute Gasteiger partial charge is 0.325 e. The Morgan fingerprint density at radius 3 is 2.56 bits per heavy atom. The second-order valence-electron chi connectivity index (χ2n) is 5.78. The number of hydrogen-bond acceptors (Lipinski definition) is 3. The van der Waals surface area contributed by atoms with Crippen molar-refractivity contribution in [1.29, 1.82) is 0 Å². The lowest BCUT2D eigenvalue weighted by molar-refractivity contribution is -0.113. The minimum atomic E-state index is -0.136. The molecule has 27 heavy (non-hydrogen) atoms. The maximum absolute atomic E-state index is 12.1. The Kier molecular flexibility index (Phi) is 6.61. The van der Waals surface area contributed by atoms with Crippen LogP contribution in [-0.2, 0) is 11.3 Å². The highest BCUT2D eigenvalue weighted by Crippen LogP contribution is 2.29. The molecule has 0 fully saturated rings. The molecule has 4 nitrogen and oxygen atoms in total. The Morgan fingerprint density at radius 2 is 1.81 bits per heavy atom. The molecule has 0 bridgehead atoms. The molecule has 3 aromatic rings. The molecule has 0 aliphatic heterocycles. The van der Waals surface area contributed by atoms with Gasteiger partial charge >= 0.3 is 0 Å². The normalized spacial score (nSPS) is 10.6. The van der Waals surface area contributed by atoms with Gasteiger partial charge in [-0.1, -0.05) is 41.4 Å². The lowest BCUT2D eigenvalue weighted by Gasteiger charge is -2.09. The van der Waals surface area contributed by atoms with Crippen LogP contribution >= 0.6 is 35.0 Å². The van der Waals surface area contributed by atoms with Gasteiger partial charge in [-0.05, 0) is 42.0 Å². The van der Waals surface area contributed by atoms with E-state index in [2.05, 4.69) is 5.32 Å². The Labute approximate surface area is 171 Å². The molecule has 0 radical (unpaired) electrons. The van der Waals surface area contributed by atoms with E-state index >= 15 is 0 Å². The van der Waals surface area contributed by atoms with Crippen LogP contribution in [0.1, 0.15) is 5.56 Å². The molecule has 1 aromatic heterocycles. The lowest BCUT2D eigenvalue weighted by Crippen LogP contribution is -2.18. The molecular formula is C20H16Cl2N2O2S. The predicted octanol–water partition coefficient (Wildman–Crippen LogP) is 4.93. The van der Waals surface area contributed by atoms with E-state index in [0.717, 1.165) is 10.5 Å². The summed E-state index contributed by atoms with van der Waals surface area (Å²) in [5, 5.41) is 3.99. The number of carbonyl (C=O) groups is 1. The van der Waals surface area contributed by atoms with Gasteiger partial charge in [0.1, 0.15) is 0 Å². The van der Waals surface area contributed by atoms with Crippen molar-refractivity contribution in [3.05, 3.63) is 92.8 Å². The van der Waals surface area contributed by atoms with Gasteiger partial charge in [0.2, 0.25) is 5.91 Å². The highest BCUT2D eigenvalue weighted by molar-refractivity contribution is 8.00. The van der Waals surface area contributed by atoms with E-state index < -0.39 is 0 Å². The van der Waals surface area contributed by atoms with Crippen molar-refractivity contribution >= 4 is 46.6 Å². The van der Waals surface area contributed by atoms with Crippen molar-refractivity contribution in [2.75, 3.05) is 11.1 Å². The molecule has 138 valence electrons. The second kappa shape index (κ2) is 9.13. The van der Waals surface area contributed by atoms with Crippen LogP contribution in [0.25, 0.3) is 0 Å². The number of amides is 1. The Morgan fingerprint density at radius 1 is 1.04 bits per heavy atom. The number of nitrogens with one attached hydrogen (secondary N) is 1. The van der Waals surface area contributed by atoms with E-state index in [4.69, 9.17) is 23.2 Å². The minimum Gasteiger partial charge on any atom is -0.325 e. The minimum absolute atomic E-state index is 0.0495. The first-order chi connectivity index (χ1) is 13.0. The maximum Gasteiger partial charge on any atom is 0.250 e. The number of thioether (sulfide) groups is 1. The number of pyridine rings is 1. The monoisotopic (exact) mass is 418 g/mol. The van der Waals surface area contributed by atoms with Crippen LogP contribution in [0.4, 0.5) is 5.69 Å². The molecule has 0 aliphatic carbocycles. The molecule has 1 amide bonds. The molecular weight excluding hydrogens is 403 g/mol. The number of carbonyl (C=O) groups excluding carboxylic acids is 1. The molecule has 0 saturated heterocycles. The summed E-state index contributed by atoms with van der Waals surface area (Å²) in [7, 11) is 0. The van der Waals surface area contributed by atoms with Crippen molar-refractivity contribution in [2.45, 2.75) is 11.4 Å². The SMILES string of the molecule is O=C(CSc1cc(Cl)ccc1Cl)Nc1ccc(Cn2ccccc2=O)cc1. The number of rotatable bonds is 6. The number of nitrogens with zero attached hydrogens (tertiary/aromatic N) is 1. The molecule has 0 aliphatic rings. The van der Waals surface area contributed by atoms with Gasteiger partial charge in [-0.25, -0.2) is 0 Å². The maximum atomic E-state index is 12.1. The van der Waals surface area contributed by atoms with Crippen LogP contribution in [0.3, 0.4) is 0 Å². The first-order valence-corrected chi connectivity index (χ1v) is 9.87. The van der Waals surface area contributed by atoms with Gasteiger partial charge in [0.25, 0.3) is 5.56 Å². The topological polar surface area (TPSA) is 51.1 Å². The van der Waals surface area contributed by atoms with Crippen molar-refractivity contribution in [1.82, 2.24) is 4.57 Å². The van der Waals surface area contributed by atoms with Gasteiger partial charge in [0.05, 0.1) is 17.3 Å². The van der Waals surface area contributed by atoms with Gasteiger partial charge in [-0.3, -0.25) is 9.59 Å². The third-order valence-corrected chi connectivity index (χ3v) is 5.47. The number of benzene rings is 2. The van der Waals surface area contributed by atoms with Gasteiger partial charge in [-0.15, -0.1) is 11.8 Å². The summed E-state index contributed by atoms with van der Waals surface area (Å²) >= 11 is 13.4. The van der Waals surface area contributed by atoms with Crippen LogP contribution in [0.15, 0.2) is 76.6 Å². The van der Waals surface area contributed by atoms with Crippen molar-refractivity contribution in [3.63, 3.8) is 0 Å². The molecule has 1 N–H and O–H groups in total. The average Bonchev–Trinajstić information content (AvgIpc) is 2.66. The van der Waals surface area contributed by atoms with Gasteiger partial charge in [-0.2, -0.15) is 0 Å². The van der Waals surface area contributed by atoms with Crippen LogP contribution in [0.5, 0.6) is 0 Å². The fourth-order valence-corrected chi connectivity index (χ4v) is 3.70. The molecule has 2 aromatic carbocycles. The summed E-state index contributed by atoms with van der Waals surface area (Å²) < 4.78 is 1.62. The van der Waals surface area contributed by atoms with Crippen molar-refractivity contribution in [3.8, 4) is 0 Å². The Balaban J connectivity index is 1.56. The molecule has 3 rings (SSSR count). The van der Waals surface area contributed by atoms with Crippen LogP contribution in [-0.4, -0.2) is 16.2 Å². The fraction of sp³-hybridized carbons (Fsp3) is 0.100. The van der Waals surface area contributed by atoms with Crippen LogP contribution in [0, 0.1) is 0 Å². The zero-order chi connectivity index (χ0) is 19.2. The van der Waals surface area contributed by atoms with Gasteiger partial charge in [0, 0.05) is 27.9 Å². The molecule has 0 saturated carbocycles. The summed E-state index contributed by atoms with van der Waals surface area (Å²) in [6, 6.07) is 17.6. The summed E-state index contributed by atoms with van der Waals surface area (Å²) in [6.07, 6.45) is 1.75. The summed E-state index contributed by atoms with van der Waals surface area (Å²) in [5.74, 6) is 0.0874. The second-order valence-corrected chi connectivity index (χ2v) is 7.64. The lowest BCUT2D eigenvalue weighted by atomic mass is 10.2. The summed E-state index contributed by atoms with van der Waals surface area (Å²) in [6.45, 7) is 0.483. The molecule has 0 spiro atoms. The first-order valence-electron chi connectivity index (χ1n) is 8.13. The van der Waals surface area contributed by atoms with E-state index in [9.17, 15) is 9.59 Å². The summed E-state index contributed by atoms with van der Waals surface area (Å²) in [4.78, 5) is 24.7. The summed E-state index contributed by atoms with van der Waals surface area (Å²) in [5.41, 5.74) is 1.62. The Bertz CT molecular complexity index is 1000. The van der Waals surface area contributed by atoms with E-state index in [0.29, 0.717) is 22.3 Å². The molecule has 0 unspecified atom stereocenters. The van der Waals surface area contributed by atoms with Gasteiger partial charge in [0.15, 0.2) is 0 Å². The van der Waals surface area contributed by atoms with Crippen molar-refractivity contribution in [2.24, 2.45) is 0 Å².